The van der Waals surface area contributed by atoms with Crippen LogP contribution < -0.4 is 0 Å². The number of ether oxygens (including phenoxy) is 1. The van der Waals surface area contributed by atoms with Crippen LogP contribution in [0.15, 0.2) is 115 Å². The van der Waals surface area contributed by atoms with Gasteiger partial charge in [0.25, 0.3) is 0 Å². The average Bonchev–Trinajstić information content (AvgIpc) is 2.85. The van der Waals surface area contributed by atoms with Crippen LogP contribution in [0.5, 0.6) is 0 Å². The molecule has 1 heteroatoms. The van der Waals surface area contributed by atoms with E-state index in [4.69, 9.17) is 4.74 Å². The van der Waals surface area contributed by atoms with Crippen molar-refractivity contribution in [2.75, 3.05) is 7.11 Å². The lowest BCUT2D eigenvalue weighted by atomic mass is 9.77. The molecule has 0 aliphatic carbocycles. The van der Waals surface area contributed by atoms with E-state index in [1.807, 2.05) is 7.11 Å². The Kier molecular flexibility index (Phi) is 4.05. The summed E-state index contributed by atoms with van der Waals surface area (Å²) >= 11 is 0. The molecule has 0 fully saturated rings. The zero-order valence-corrected chi connectivity index (χ0v) is 17.4. The van der Waals surface area contributed by atoms with E-state index >= 15 is 0 Å². The SMILES string of the molecule is COC(c1ccccc1)(c1ccccc1)c1ccc2ccc3cccc4ccc1c2c34. The van der Waals surface area contributed by atoms with Gasteiger partial charge in [-0.1, -0.05) is 115 Å². The largest absolute Gasteiger partial charge is 0.364 e. The van der Waals surface area contributed by atoms with Gasteiger partial charge in [0.2, 0.25) is 0 Å². The highest BCUT2D eigenvalue weighted by molar-refractivity contribution is 6.23. The maximum absolute atomic E-state index is 6.49. The molecular formula is C30H22O. The van der Waals surface area contributed by atoms with Crippen molar-refractivity contribution in [3.05, 3.63) is 132 Å². The van der Waals surface area contributed by atoms with E-state index in [9.17, 15) is 0 Å². The lowest BCUT2D eigenvalue weighted by molar-refractivity contribution is 0.0598. The molecule has 0 saturated carbocycles. The van der Waals surface area contributed by atoms with Crippen LogP contribution in [-0.4, -0.2) is 7.11 Å². The molecule has 0 heterocycles. The highest BCUT2D eigenvalue weighted by atomic mass is 16.5. The Morgan fingerprint density at radius 3 is 1.58 bits per heavy atom. The monoisotopic (exact) mass is 398 g/mol. The first-order valence-corrected chi connectivity index (χ1v) is 10.7. The van der Waals surface area contributed by atoms with Crippen molar-refractivity contribution in [1.29, 1.82) is 0 Å². The van der Waals surface area contributed by atoms with Gasteiger partial charge >= 0.3 is 0 Å². The number of hydrogen-bond acceptors (Lipinski definition) is 1. The first kappa shape index (κ1) is 18.1. The van der Waals surface area contributed by atoms with Crippen LogP contribution in [0.1, 0.15) is 16.7 Å². The van der Waals surface area contributed by atoms with Gasteiger partial charge in [0.1, 0.15) is 5.60 Å². The summed E-state index contributed by atoms with van der Waals surface area (Å²) in [4.78, 5) is 0. The van der Waals surface area contributed by atoms with Gasteiger partial charge in [-0.2, -0.15) is 0 Å². The van der Waals surface area contributed by atoms with Crippen molar-refractivity contribution < 1.29 is 4.74 Å². The molecule has 0 unspecified atom stereocenters. The molecule has 148 valence electrons. The third-order valence-corrected chi connectivity index (χ3v) is 6.57. The van der Waals surface area contributed by atoms with E-state index in [0.29, 0.717) is 0 Å². The molecule has 6 aromatic rings. The molecule has 0 radical (unpaired) electrons. The van der Waals surface area contributed by atoms with Gasteiger partial charge in [0, 0.05) is 12.7 Å². The minimum Gasteiger partial charge on any atom is -0.364 e. The molecule has 6 aromatic carbocycles. The van der Waals surface area contributed by atoms with Crippen LogP contribution >= 0.6 is 0 Å². The summed E-state index contributed by atoms with van der Waals surface area (Å²) in [6.07, 6.45) is 0. The van der Waals surface area contributed by atoms with E-state index in [0.717, 1.165) is 16.7 Å². The van der Waals surface area contributed by atoms with Gasteiger partial charge in [-0.3, -0.25) is 0 Å². The molecule has 0 amide bonds. The van der Waals surface area contributed by atoms with Crippen molar-refractivity contribution in [1.82, 2.24) is 0 Å². The summed E-state index contributed by atoms with van der Waals surface area (Å²) in [6, 6.07) is 41.1. The van der Waals surface area contributed by atoms with Gasteiger partial charge in [0.05, 0.1) is 0 Å². The van der Waals surface area contributed by atoms with Crippen LogP contribution in [0.25, 0.3) is 32.3 Å². The molecule has 0 N–H and O–H groups in total. The molecule has 6 rings (SSSR count). The van der Waals surface area contributed by atoms with Crippen molar-refractivity contribution >= 4 is 32.3 Å². The minimum absolute atomic E-state index is 0.704. The number of benzene rings is 6. The molecule has 0 saturated heterocycles. The zero-order chi connectivity index (χ0) is 20.8. The molecule has 0 bridgehead atoms. The molecule has 0 spiro atoms. The highest BCUT2D eigenvalue weighted by Crippen LogP contribution is 2.45. The van der Waals surface area contributed by atoms with E-state index in [1.165, 1.54) is 32.3 Å². The third kappa shape index (κ3) is 2.54. The van der Waals surface area contributed by atoms with Gasteiger partial charge in [0.15, 0.2) is 0 Å². The molecule has 1 nitrogen and oxygen atoms in total. The fourth-order valence-corrected chi connectivity index (χ4v) is 5.21. The second-order valence-corrected chi connectivity index (χ2v) is 8.09. The molecule has 0 atom stereocenters. The van der Waals surface area contributed by atoms with Crippen LogP contribution in [0.4, 0.5) is 0 Å². The molecule has 31 heavy (non-hydrogen) atoms. The smallest absolute Gasteiger partial charge is 0.143 e. The number of hydrogen-bond donors (Lipinski definition) is 0. The van der Waals surface area contributed by atoms with Gasteiger partial charge in [-0.25, -0.2) is 0 Å². The Morgan fingerprint density at radius 2 is 1.00 bits per heavy atom. The Labute approximate surface area is 181 Å². The summed E-state index contributed by atoms with van der Waals surface area (Å²) in [5.41, 5.74) is 2.71. The van der Waals surface area contributed by atoms with Crippen molar-refractivity contribution in [2.24, 2.45) is 0 Å². The average molecular weight is 399 g/mol. The Bertz CT molecular complexity index is 1440. The minimum atomic E-state index is -0.704. The fourth-order valence-electron chi connectivity index (χ4n) is 5.21. The normalized spacial score (nSPS) is 12.2. The maximum atomic E-state index is 6.49. The van der Waals surface area contributed by atoms with Crippen molar-refractivity contribution in [2.45, 2.75) is 5.60 Å². The number of methoxy groups -OCH3 is 1. The first-order valence-electron chi connectivity index (χ1n) is 10.7. The standard InChI is InChI=1S/C30H22O/c1-31-30(24-11-4-2-5-12-24,25-13-6-3-7-14-25)27-20-18-23-16-15-21-9-8-10-22-17-19-26(27)29(23)28(21)22/h2-20H,1H3. The summed E-state index contributed by atoms with van der Waals surface area (Å²) in [7, 11) is 1.82. The highest BCUT2D eigenvalue weighted by Gasteiger charge is 2.38. The predicted molar refractivity (Wildman–Crippen MR) is 130 cm³/mol. The lowest BCUT2D eigenvalue weighted by Gasteiger charge is -2.35. The Balaban J connectivity index is 1.79. The second kappa shape index (κ2) is 6.94. The van der Waals surface area contributed by atoms with Crippen LogP contribution in [0.3, 0.4) is 0 Å². The van der Waals surface area contributed by atoms with E-state index in [1.54, 1.807) is 0 Å². The van der Waals surface area contributed by atoms with Gasteiger partial charge in [-0.15, -0.1) is 0 Å². The Morgan fingerprint density at radius 1 is 0.484 bits per heavy atom. The van der Waals surface area contributed by atoms with Crippen molar-refractivity contribution in [3.63, 3.8) is 0 Å². The van der Waals surface area contributed by atoms with Crippen LogP contribution in [0, 0.1) is 0 Å². The maximum Gasteiger partial charge on any atom is 0.143 e. The number of rotatable bonds is 4. The zero-order valence-electron chi connectivity index (χ0n) is 17.4. The Hall–Kier alpha value is -3.68. The molecular weight excluding hydrogens is 376 g/mol. The summed E-state index contributed by atoms with van der Waals surface area (Å²) in [5, 5.41) is 7.67. The summed E-state index contributed by atoms with van der Waals surface area (Å²) in [6.45, 7) is 0. The summed E-state index contributed by atoms with van der Waals surface area (Å²) < 4.78 is 6.49. The van der Waals surface area contributed by atoms with Gasteiger partial charge < -0.3 is 4.74 Å². The third-order valence-electron chi connectivity index (χ3n) is 6.57. The molecule has 0 aliphatic heterocycles. The summed E-state index contributed by atoms with van der Waals surface area (Å²) in [5.74, 6) is 0. The quantitative estimate of drug-likeness (QED) is 0.220. The lowest BCUT2D eigenvalue weighted by Crippen LogP contribution is -2.31. The van der Waals surface area contributed by atoms with E-state index < -0.39 is 5.60 Å². The molecule has 0 aromatic heterocycles. The van der Waals surface area contributed by atoms with Crippen molar-refractivity contribution in [3.8, 4) is 0 Å². The first-order chi connectivity index (χ1) is 15.3. The topological polar surface area (TPSA) is 9.23 Å². The van der Waals surface area contributed by atoms with Crippen LogP contribution in [0.2, 0.25) is 0 Å². The second-order valence-electron chi connectivity index (χ2n) is 8.09. The fraction of sp³-hybridized carbons (Fsp3) is 0.0667. The van der Waals surface area contributed by atoms with Crippen LogP contribution in [-0.2, 0) is 10.3 Å². The predicted octanol–water partition coefficient (Wildman–Crippen LogP) is 7.52. The van der Waals surface area contributed by atoms with Gasteiger partial charge in [-0.05, 0) is 43.4 Å². The van der Waals surface area contributed by atoms with E-state index in [2.05, 4.69) is 115 Å². The molecule has 0 aliphatic rings. The van der Waals surface area contributed by atoms with E-state index in [-0.39, 0.29) is 0 Å².